The van der Waals surface area contributed by atoms with Crippen LogP contribution in [0.15, 0.2) is 48.5 Å². The van der Waals surface area contributed by atoms with E-state index < -0.39 is 6.10 Å². The number of amides is 1. The lowest BCUT2D eigenvalue weighted by molar-refractivity contribution is -0.134. The molecule has 1 saturated heterocycles. The second kappa shape index (κ2) is 6.92. The molecule has 3 aromatic rings. The fourth-order valence-corrected chi connectivity index (χ4v) is 3.73. The number of aliphatic hydroxyl groups is 1. The van der Waals surface area contributed by atoms with Gasteiger partial charge in [-0.25, -0.2) is 4.98 Å². The van der Waals surface area contributed by atoms with Crippen LogP contribution in [0.4, 0.5) is 0 Å². The zero-order valence-corrected chi connectivity index (χ0v) is 14.9. The van der Waals surface area contributed by atoms with Crippen LogP contribution in [-0.2, 0) is 4.79 Å². The van der Waals surface area contributed by atoms with Crippen LogP contribution in [-0.4, -0.2) is 32.4 Å². The average molecular weight is 349 g/mol. The maximum absolute atomic E-state index is 12.8. The molecule has 5 heteroatoms. The summed E-state index contributed by atoms with van der Waals surface area (Å²) in [5.41, 5.74) is 3.88. The fourth-order valence-electron chi connectivity index (χ4n) is 3.73. The molecule has 0 spiro atoms. The van der Waals surface area contributed by atoms with Gasteiger partial charge < -0.3 is 15.0 Å². The maximum atomic E-state index is 12.8. The zero-order chi connectivity index (χ0) is 18.1. The van der Waals surface area contributed by atoms with Crippen molar-refractivity contribution in [1.29, 1.82) is 0 Å². The number of fused-ring (bicyclic) bond motifs is 1. The molecule has 1 aromatic heterocycles. The Kier molecular flexibility index (Phi) is 4.47. The zero-order valence-electron chi connectivity index (χ0n) is 14.9. The number of imidazole rings is 1. The summed E-state index contributed by atoms with van der Waals surface area (Å²) in [4.78, 5) is 22.7. The van der Waals surface area contributed by atoms with Gasteiger partial charge in [0.25, 0.3) is 0 Å². The molecule has 2 N–H and O–H groups in total. The lowest BCUT2D eigenvalue weighted by Crippen LogP contribution is -2.32. The summed E-state index contributed by atoms with van der Waals surface area (Å²) in [6.45, 7) is 2.76. The van der Waals surface area contributed by atoms with Gasteiger partial charge in [-0.15, -0.1) is 0 Å². The second-order valence-corrected chi connectivity index (χ2v) is 7.02. The topological polar surface area (TPSA) is 69.2 Å². The van der Waals surface area contributed by atoms with Crippen molar-refractivity contribution in [2.45, 2.75) is 38.3 Å². The molecular formula is C21H23N3O2. The average Bonchev–Trinajstić information content (AvgIpc) is 3.28. The van der Waals surface area contributed by atoms with E-state index in [1.807, 2.05) is 47.4 Å². The molecule has 1 fully saturated rings. The smallest absolute Gasteiger partial charge is 0.226 e. The minimum atomic E-state index is -0.775. The Morgan fingerprint density at radius 1 is 1.31 bits per heavy atom. The maximum Gasteiger partial charge on any atom is 0.226 e. The highest BCUT2D eigenvalue weighted by Crippen LogP contribution is 2.33. The number of aliphatic hydroxyl groups excluding tert-OH is 1. The van der Waals surface area contributed by atoms with Crippen LogP contribution in [0, 0.1) is 6.92 Å². The Labute approximate surface area is 152 Å². The number of aryl methyl sites for hydroxylation is 1. The number of hydrogen-bond acceptors (Lipinski definition) is 3. The highest BCUT2D eigenvalue weighted by atomic mass is 16.3. The van der Waals surface area contributed by atoms with Gasteiger partial charge in [0, 0.05) is 6.54 Å². The van der Waals surface area contributed by atoms with Crippen molar-refractivity contribution in [2.75, 3.05) is 6.54 Å². The van der Waals surface area contributed by atoms with Crippen LogP contribution in [0.25, 0.3) is 11.0 Å². The lowest BCUT2D eigenvalue weighted by Gasteiger charge is -2.24. The van der Waals surface area contributed by atoms with Gasteiger partial charge in [0.2, 0.25) is 5.91 Å². The van der Waals surface area contributed by atoms with Crippen LogP contribution in [0.1, 0.15) is 48.4 Å². The number of nitrogens with one attached hydrogen (secondary N) is 1. The summed E-state index contributed by atoms with van der Waals surface area (Å²) in [6.07, 6.45) is 1.17. The summed E-state index contributed by atoms with van der Waals surface area (Å²) in [5, 5.41) is 10.4. The molecule has 0 aliphatic carbocycles. The van der Waals surface area contributed by atoms with Crippen molar-refractivity contribution in [3.63, 3.8) is 0 Å². The summed E-state index contributed by atoms with van der Waals surface area (Å²) in [6, 6.07) is 15.4. The first-order chi connectivity index (χ1) is 12.6. The third kappa shape index (κ3) is 3.22. The van der Waals surface area contributed by atoms with Crippen LogP contribution in [0.3, 0.4) is 0 Å². The molecule has 1 amide bonds. The molecule has 2 atom stereocenters. The van der Waals surface area contributed by atoms with Crippen LogP contribution in [0.5, 0.6) is 0 Å². The number of carbonyl (C=O) groups is 1. The molecule has 1 aliphatic rings. The van der Waals surface area contributed by atoms with Crippen LogP contribution < -0.4 is 0 Å². The molecule has 1 aliphatic heterocycles. The third-order valence-corrected chi connectivity index (χ3v) is 5.10. The SMILES string of the molecule is Cc1ccc2nc(C3CCCN3C(=O)CC(O)c3ccccc3)[nH]c2c1. The van der Waals surface area contributed by atoms with Crippen molar-refractivity contribution >= 4 is 16.9 Å². The minimum absolute atomic E-state index is 0.0273. The van der Waals surface area contributed by atoms with Gasteiger partial charge >= 0.3 is 0 Å². The van der Waals surface area contributed by atoms with Crippen molar-refractivity contribution in [2.24, 2.45) is 0 Å². The molecule has 2 heterocycles. The Hall–Kier alpha value is -2.66. The first-order valence-electron chi connectivity index (χ1n) is 9.10. The number of aromatic amines is 1. The molecule has 0 bridgehead atoms. The largest absolute Gasteiger partial charge is 0.388 e. The third-order valence-electron chi connectivity index (χ3n) is 5.10. The van der Waals surface area contributed by atoms with Crippen molar-refractivity contribution in [1.82, 2.24) is 14.9 Å². The Bertz CT molecular complexity index is 919. The molecule has 4 rings (SSSR count). The fraction of sp³-hybridized carbons (Fsp3) is 0.333. The molecule has 0 radical (unpaired) electrons. The highest BCUT2D eigenvalue weighted by molar-refractivity contribution is 5.79. The number of likely N-dealkylation sites (tertiary alicyclic amines) is 1. The van der Waals surface area contributed by atoms with Crippen molar-refractivity contribution in [3.05, 3.63) is 65.5 Å². The van der Waals surface area contributed by atoms with E-state index in [9.17, 15) is 9.90 Å². The highest BCUT2D eigenvalue weighted by Gasteiger charge is 2.33. The van der Waals surface area contributed by atoms with Gasteiger partial charge in [0.05, 0.1) is 29.6 Å². The van der Waals surface area contributed by atoms with E-state index in [2.05, 4.69) is 18.0 Å². The van der Waals surface area contributed by atoms with Crippen LogP contribution >= 0.6 is 0 Å². The first-order valence-corrected chi connectivity index (χ1v) is 9.10. The molecular weight excluding hydrogens is 326 g/mol. The van der Waals surface area contributed by atoms with E-state index in [0.29, 0.717) is 6.54 Å². The first kappa shape index (κ1) is 16.8. The van der Waals surface area contributed by atoms with Crippen molar-refractivity contribution < 1.29 is 9.90 Å². The Morgan fingerprint density at radius 3 is 2.92 bits per heavy atom. The predicted octanol–water partition coefficient (Wildman–Crippen LogP) is 3.66. The Morgan fingerprint density at radius 2 is 2.12 bits per heavy atom. The van der Waals surface area contributed by atoms with E-state index in [1.54, 1.807) is 0 Å². The van der Waals surface area contributed by atoms with Gasteiger partial charge in [0.15, 0.2) is 0 Å². The second-order valence-electron chi connectivity index (χ2n) is 7.02. The molecule has 134 valence electrons. The molecule has 0 saturated carbocycles. The summed E-state index contributed by atoms with van der Waals surface area (Å²) >= 11 is 0. The summed E-state index contributed by atoms with van der Waals surface area (Å²) in [7, 11) is 0. The number of benzene rings is 2. The predicted molar refractivity (Wildman–Crippen MR) is 101 cm³/mol. The van der Waals surface area contributed by atoms with E-state index in [0.717, 1.165) is 35.3 Å². The molecule has 2 unspecified atom stereocenters. The van der Waals surface area contributed by atoms with Crippen LogP contribution in [0.2, 0.25) is 0 Å². The van der Waals surface area contributed by atoms with Gasteiger partial charge in [0.1, 0.15) is 5.82 Å². The standard InChI is InChI=1S/C21H23N3O2/c1-14-9-10-16-17(12-14)23-21(22-16)18-8-5-11-24(18)20(26)13-19(25)15-6-3-2-4-7-15/h2-4,6-7,9-10,12,18-19,25H,5,8,11,13H2,1H3,(H,22,23). The van der Waals surface area contributed by atoms with Gasteiger partial charge in [-0.3, -0.25) is 4.79 Å². The molecule has 2 aromatic carbocycles. The van der Waals surface area contributed by atoms with Gasteiger partial charge in [-0.05, 0) is 43.0 Å². The summed E-state index contributed by atoms with van der Waals surface area (Å²) < 4.78 is 0. The number of aromatic nitrogens is 2. The number of H-pyrrole nitrogens is 1. The Balaban J connectivity index is 1.52. The number of nitrogens with zero attached hydrogens (tertiary/aromatic N) is 2. The van der Waals surface area contributed by atoms with E-state index in [4.69, 9.17) is 4.98 Å². The minimum Gasteiger partial charge on any atom is -0.388 e. The quantitative estimate of drug-likeness (QED) is 0.755. The van der Waals surface area contributed by atoms with Gasteiger partial charge in [-0.2, -0.15) is 0 Å². The number of rotatable bonds is 4. The van der Waals surface area contributed by atoms with Crippen molar-refractivity contribution in [3.8, 4) is 0 Å². The number of hydrogen-bond donors (Lipinski definition) is 2. The van der Waals surface area contributed by atoms with Gasteiger partial charge in [-0.1, -0.05) is 36.4 Å². The lowest BCUT2D eigenvalue weighted by atomic mass is 10.1. The van der Waals surface area contributed by atoms with E-state index in [-0.39, 0.29) is 18.4 Å². The van der Waals surface area contributed by atoms with E-state index >= 15 is 0 Å². The monoisotopic (exact) mass is 349 g/mol. The number of carbonyl (C=O) groups excluding carboxylic acids is 1. The normalized spacial score (nSPS) is 18.4. The molecule has 5 nitrogen and oxygen atoms in total. The summed E-state index contributed by atoms with van der Waals surface area (Å²) in [5.74, 6) is 0.811. The molecule has 26 heavy (non-hydrogen) atoms. The van der Waals surface area contributed by atoms with E-state index in [1.165, 1.54) is 5.56 Å².